The van der Waals surface area contributed by atoms with Crippen molar-refractivity contribution in [3.05, 3.63) is 0 Å². The highest BCUT2D eigenvalue weighted by Gasteiger charge is 2.45. The van der Waals surface area contributed by atoms with E-state index in [1.54, 1.807) is 0 Å². The van der Waals surface area contributed by atoms with Crippen LogP contribution in [0.3, 0.4) is 0 Å². The Hall–Kier alpha value is -0.473. The highest BCUT2D eigenvalue weighted by Crippen LogP contribution is 2.16. The number of carbonyl (C=O) groups excluding carboxylic acids is 1. The van der Waals surface area contributed by atoms with Crippen LogP contribution >= 0.6 is 0 Å². The molecule has 0 radical (unpaired) electrons. The Bertz CT molecular complexity index is 242. The maximum absolute atomic E-state index is 10.6. The van der Waals surface area contributed by atoms with Gasteiger partial charge in [-0.2, -0.15) is 0 Å². The average Bonchev–Trinajstić information content (AvgIpc) is 2.35. The molecule has 6 nitrogen and oxygen atoms in total. The lowest BCUT2D eigenvalue weighted by molar-refractivity contribution is -0.141. The molecule has 0 rings (SSSR count). The summed E-state index contributed by atoms with van der Waals surface area (Å²) in [6.45, 7) is 8.40. The molecule has 0 aromatic rings. The van der Waals surface area contributed by atoms with Gasteiger partial charge in [-0.05, 0) is 33.6 Å². The van der Waals surface area contributed by atoms with Crippen molar-refractivity contribution >= 4 is 15.0 Å². The lowest BCUT2D eigenvalue weighted by atomic mass is 10.2. The third kappa shape index (κ3) is 8.33. The first-order chi connectivity index (χ1) is 8.99. The van der Waals surface area contributed by atoms with Crippen LogP contribution in [0.1, 0.15) is 40.5 Å². The molecule has 0 aliphatic carbocycles. The van der Waals surface area contributed by atoms with Crippen molar-refractivity contribution in [3.63, 3.8) is 0 Å². The molecule has 114 valence electrons. The van der Waals surface area contributed by atoms with Crippen molar-refractivity contribution in [2.75, 3.05) is 26.9 Å². The van der Waals surface area contributed by atoms with Gasteiger partial charge in [-0.15, -0.1) is 0 Å². The summed E-state index contributed by atoms with van der Waals surface area (Å²) in [5.41, 5.74) is 0. The van der Waals surface area contributed by atoms with Gasteiger partial charge in [0.1, 0.15) is 0 Å². The normalized spacial score (nSPS) is 13.3. The summed E-state index contributed by atoms with van der Waals surface area (Å²) in [5, 5.41) is 0. The van der Waals surface area contributed by atoms with Crippen LogP contribution in [-0.4, -0.2) is 48.1 Å². The van der Waals surface area contributed by atoms with E-state index in [1.165, 1.54) is 14.0 Å². The van der Waals surface area contributed by atoms with Crippen LogP contribution < -0.4 is 0 Å². The van der Waals surface area contributed by atoms with Crippen LogP contribution in [-0.2, 0) is 27.2 Å². The molecular weight excluding hydrogens is 268 g/mol. The third-order valence-corrected chi connectivity index (χ3v) is 4.77. The molecule has 0 spiro atoms. The Kier molecular flexibility index (Phi) is 10.1. The Balaban J connectivity index is 4.14. The van der Waals surface area contributed by atoms with E-state index in [2.05, 4.69) is 0 Å². The summed E-state index contributed by atoms with van der Waals surface area (Å²) in [6.07, 6.45) is 1.39. The molecule has 7 heteroatoms. The number of rotatable bonds is 11. The van der Waals surface area contributed by atoms with Gasteiger partial charge >= 0.3 is 15.0 Å². The number of hydrogen-bond donors (Lipinski definition) is 0. The van der Waals surface area contributed by atoms with E-state index < -0.39 is 9.05 Å². The van der Waals surface area contributed by atoms with Crippen molar-refractivity contribution in [1.82, 2.24) is 0 Å². The Morgan fingerprint density at radius 3 is 2.21 bits per heavy atom. The maximum atomic E-state index is 10.6. The first-order valence-electron chi connectivity index (χ1n) is 6.63. The van der Waals surface area contributed by atoms with E-state index in [-0.39, 0.29) is 12.1 Å². The minimum atomic E-state index is -3.02. The molecule has 0 fully saturated rings. The van der Waals surface area contributed by atoms with E-state index >= 15 is 0 Å². The Morgan fingerprint density at radius 2 is 1.79 bits per heavy atom. The van der Waals surface area contributed by atoms with Gasteiger partial charge in [-0.3, -0.25) is 4.79 Å². The zero-order valence-electron chi connectivity index (χ0n) is 12.6. The molecule has 0 saturated carbocycles. The molecule has 0 bridgehead atoms. The molecule has 0 aliphatic rings. The summed E-state index contributed by atoms with van der Waals surface area (Å²) in [5.74, 6) is -0.266. The van der Waals surface area contributed by atoms with Crippen molar-refractivity contribution in [1.29, 1.82) is 0 Å². The van der Waals surface area contributed by atoms with Gasteiger partial charge in [0.25, 0.3) is 0 Å². The van der Waals surface area contributed by atoms with Crippen molar-refractivity contribution in [2.45, 2.75) is 46.6 Å². The average molecular weight is 294 g/mol. The van der Waals surface area contributed by atoms with Gasteiger partial charge in [0.2, 0.25) is 0 Å². The quantitative estimate of drug-likeness (QED) is 0.329. The molecule has 0 N–H and O–H groups in total. The third-order valence-electron chi connectivity index (χ3n) is 2.30. The Labute approximate surface area is 116 Å². The van der Waals surface area contributed by atoms with Crippen LogP contribution in [0, 0.1) is 0 Å². The first kappa shape index (κ1) is 18.5. The number of hydrogen-bond acceptors (Lipinski definition) is 6. The molecule has 0 heterocycles. The molecule has 0 saturated heterocycles. The van der Waals surface area contributed by atoms with Crippen molar-refractivity contribution in [2.24, 2.45) is 0 Å². The minimum absolute atomic E-state index is 0.0831. The van der Waals surface area contributed by atoms with Gasteiger partial charge in [0, 0.05) is 33.4 Å². The molecule has 0 aromatic carbocycles. The predicted octanol–water partition coefficient (Wildman–Crippen LogP) is 1.89. The highest BCUT2D eigenvalue weighted by molar-refractivity contribution is 6.53. The molecular formula is C12H26O6Si. The molecule has 0 aromatic heterocycles. The second-order valence-corrected chi connectivity index (χ2v) is 6.20. The first-order valence-corrected chi connectivity index (χ1v) is 8.27. The van der Waals surface area contributed by atoms with Gasteiger partial charge in [-0.1, -0.05) is 0 Å². The molecule has 1 unspecified atom stereocenters. The molecule has 0 aliphatic heterocycles. The lowest BCUT2D eigenvalue weighted by Crippen LogP contribution is -2.50. The van der Waals surface area contributed by atoms with Crippen LogP contribution in [0.4, 0.5) is 0 Å². The fourth-order valence-electron chi connectivity index (χ4n) is 1.52. The van der Waals surface area contributed by atoms with Gasteiger partial charge in [-0.25, -0.2) is 0 Å². The summed E-state index contributed by atoms with van der Waals surface area (Å²) in [4.78, 5) is 10.6. The zero-order chi connectivity index (χ0) is 14.7. The SMILES string of the molecule is CCO[Si](OC)(OCC)OC(C)CCCOC(C)=O. The number of esters is 1. The summed E-state index contributed by atoms with van der Waals surface area (Å²) < 4.78 is 27.0. The van der Waals surface area contributed by atoms with Crippen LogP contribution in [0.5, 0.6) is 0 Å². The maximum Gasteiger partial charge on any atom is 0.679 e. The minimum Gasteiger partial charge on any atom is -0.466 e. The fourth-order valence-corrected chi connectivity index (χ4v) is 3.39. The van der Waals surface area contributed by atoms with E-state index in [1.807, 2.05) is 20.8 Å². The van der Waals surface area contributed by atoms with Gasteiger partial charge in [0.05, 0.1) is 6.61 Å². The second-order valence-electron chi connectivity index (χ2n) is 3.98. The summed E-state index contributed by atoms with van der Waals surface area (Å²) in [6, 6.07) is 0. The van der Waals surface area contributed by atoms with Crippen LogP contribution in [0.2, 0.25) is 0 Å². The van der Waals surface area contributed by atoms with Gasteiger partial charge in [0.15, 0.2) is 0 Å². The van der Waals surface area contributed by atoms with E-state index in [4.69, 9.17) is 22.4 Å². The van der Waals surface area contributed by atoms with E-state index in [0.29, 0.717) is 19.8 Å². The van der Waals surface area contributed by atoms with Gasteiger partial charge < -0.3 is 22.4 Å². The number of ether oxygens (including phenoxy) is 1. The monoisotopic (exact) mass is 294 g/mol. The predicted molar refractivity (Wildman–Crippen MR) is 72.4 cm³/mol. The summed E-state index contributed by atoms with van der Waals surface area (Å²) in [7, 11) is -1.49. The largest absolute Gasteiger partial charge is 0.679 e. The zero-order valence-corrected chi connectivity index (χ0v) is 13.6. The van der Waals surface area contributed by atoms with Crippen LogP contribution in [0.15, 0.2) is 0 Å². The topological polar surface area (TPSA) is 63.2 Å². The second kappa shape index (κ2) is 10.3. The number of carbonyl (C=O) groups is 1. The van der Waals surface area contributed by atoms with Crippen LogP contribution in [0.25, 0.3) is 0 Å². The smallest absolute Gasteiger partial charge is 0.466 e. The van der Waals surface area contributed by atoms with Crippen molar-refractivity contribution in [3.8, 4) is 0 Å². The molecule has 19 heavy (non-hydrogen) atoms. The van der Waals surface area contributed by atoms with Crippen molar-refractivity contribution < 1.29 is 27.2 Å². The lowest BCUT2D eigenvalue weighted by Gasteiger charge is -2.28. The highest BCUT2D eigenvalue weighted by atomic mass is 28.4. The summed E-state index contributed by atoms with van der Waals surface area (Å²) >= 11 is 0. The van der Waals surface area contributed by atoms with E-state index in [0.717, 1.165) is 12.8 Å². The Morgan fingerprint density at radius 1 is 1.21 bits per heavy atom. The molecule has 1 atom stereocenters. The standard InChI is InChI=1S/C12H26O6Si/c1-6-16-19(14-5,17-7-2)18-11(3)9-8-10-15-12(4)13/h11H,6-10H2,1-5H3. The fraction of sp³-hybridized carbons (Fsp3) is 0.917. The van der Waals surface area contributed by atoms with E-state index in [9.17, 15) is 4.79 Å². The molecule has 0 amide bonds.